The zero-order valence-corrected chi connectivity index (χ0v) is 21.7. The van der Waals surface area contributed by atoms with Crippen molar-refractivity contribution in [3.63, 3.8) is 0 Å². The second-order valence-corrected chi connectivity index (χ2v) is 9.57. The molecule has 0 aliphatic carbocycles. The molecule has 0 aromatic heterocycles. The van der Waals surface area contributed by atoms with Gasteiger partial charge in [-0.15, -0.1) is 0 Å². The van der Waals surface area contributed by atoms with Crippen LogP contribution in [0.15, 0.2) is 94.0 Å². The molecule has 1 N–H and O–H groups in total. The quantitative estimate of drug-likeness (QED) is 0.229. The number of hydrogen-bond acceptors (Lipinski definition) is 6. The van der Waals surface area contributed by atoms with E-state index in [4.69, 9.17) is 9.47 Å². The highest BCUT2D eigenvalue weighted by Gasteiger charge is 2.33. The lowest BCUT2D eigenvalue weighted by Gasteiger charge is -2.10. The first-order valence-corrected chi connectivity index (χ1v) is 12.7. The molecule has 5 nitrogen and oxygen atoms in total. The Morgan fingerprint density at radius 2 is 1.86 bits per heavy atom. The molecule has 0 bridgehead atoms. The van der Waals surface area contributed by atoms with Crippen LogP contribution in [-0.4, -0.2) is 22.7 Å². The number of halogens is 2. The van der Waals surface area contributed by atoms with Crippen molar-refractivity contribution in [1.29, 1.82) is 0 Å². The van der Waals surface area contributed by atoms with Gasteiger partial charge in [0.25, 0.3) is 0 Å². The Kier molecular flexibility index (Phi) is 8.25. The molecule has 178 valence electrons. The van der Waals surface area contributed by atoms with Crippen LogP contribution in [0.5, 0.6) is 5.75 Å². The minimum atomic E-state index is -0.623. The number of aliphatic imine (C=N–C) groups is 1. The van der Waals surface area contributed by atoms with Crippen LogP contribution in [-0.2, 0) is 16.1 Å². The van der Waals surface area contributed by atoms with Gasteiger partial charge >= 0.3 is 5.97 Å². The molecule has 1 aliphatic heterocycles. The van der Waals surface area contributed by atoms with Crippen molar-refractivity contribution in [3.05, 3.63) is 110 Å². The van der Waals surface area contributed by atoms with Crippen molar-refractivity contribution >= 4 is 57.1 Å². The number of aliphatic hydroxyl groups excluding tert-OH is 1. The number of carbonyl (C=O) groups excluding carboxylic acids is 1. The summed E-state index contributed by atoms with van der Waals surface area (Å²) < 4.78 is 25.6. The standard InChI is InChI=1S/C27H21FINO4S/c1-2-33-27(32)24-25(31)23(35-26(24)30-19-9-4-3-5-10-19)15-17-12-13-22(21(29)14-17)34-16-18-8-6-7-11-20(18)28/h3-15,31H,2,16H2,1H3/b23-15-,30-26?. The highest BCUT2D eigenvalue weighted by atomic mass is 127. The molecule has 0 amide bonds. The number of thioether (sulfide) groups is 1. The number of rotatable bonds is 7. The number of hydrogen-bond donors (Lipinski definition) is 1. The second-order valence-electron chi connectivity index (χ2n) is 7.38. The number of benzene rings is 3. The van der Waals surface area contributed by atoms with E-state index in [1.807, 2.05) is 42.5 Å². The summed E-state index contributed by atoms with van der Waals surface area (Å²) in [7, 11) is 0. The predicted molar refractivity (Wildman–Crippen MR) is 145 cm³/mol. The molecule has 0 saturated heterocycles. The smallest absolute Gasteiger partial charge is 0.344 e. The Labute approximate surface area is 220 Å². The van der Waals surface area contributed by atoms with Gasteiger partial charge in [0.15, 0.2) is 0 Å². The van der Waals surface area contributed by atoms with Crippen LogP contribution in [0.4, 0.5) is 10.1 Å². The van der Waals surface area contributed by atoms with Crippen LogP contribution in [0.2, 0.25) is 0 Å². The summed E-state index contributed by atoms with van der Waals surface area (Å²) >= 11 is 3.35. The highest BCUT2D eigenvalue weighted by molar-refractivity contribution is 14.1. The van der Waals surface area contributed by atoms with Crippen LogP contribution in [0, 0.1) is 9.39 Å². The first-order valence-electron chi connectivity index (χ1n) is 10.8. The first-order chi connectivity index (χ1) is 17.0. The minimum absolute atomic E-state index is 0.0477. The van der Waals surface area contributed by atoms with Gasteiger partial charge in [-0.05, 0) is 71.5 Å². The highest BCUT2D eigenvalue weighted by Crippen LogP contribution is 2.40. The van der Waals surface area contributed by atoms with Gasteiger partial charge in [-0.3, -0.25) is 0 Å². The number of carbonyl (C=O) groups is 1. The Morgan fingerprint density at radius 1 is 1.11 bits per heavy atom. The summed E-state index contributed by atoms with van der Waals surface area (Å²) in [5, 5.41) is 11.2. The molecular formula is C27H21FINO4S. The maximum atomic E-state index is 13.9. The fourth-order valence-electron chi connectivity index (χ4n) is 3.26. The fraction of sp³-hybridized carbons (Fsp3) is 0.111. The molecule has 1 aliphatic rings. The molecule has 3 aromatic carbocycles. The van der Waals surface area contributed by atoms with Crippen LogP contribution in [0.3, 0.4) is 0 Å². The topological polar surface area (TPSA) is 68.1 Å². The summed E-state index contributed by atoms with van der Waals surface area (Å²) in [5.74, 6) is -0.483. The number of para-hydroxylation sites is 1. The largest absolute Gasteiger partial charge is 0.506 e. The molecule has 0 atom stereocenters. The van der Waals surface area contributed by atoms with Crippen molar-refractivity contribution in [1.82, 2.24) is 0 Å². The van der Waals surface area contributed by atoms with Crippen molar-refractivity contribution in [3.8, 4) is 5.75 Å². The van der Waals surface area contributed by atoms with Gasteiger partial charge in [0.1, 0.15) is 34.5 Å². The van der Waals surface area contributed by atoms with E-state index < -0.39 is 5.97 Å². The van der Waals surface area contributed by atoms with Crippen molar-refractivity contribution in [2.24, 2.45) is 4.99 Å². The van der Waals surface area contributed by atoms with Gasteiger partial charge in [0, 0.05) is 5.56 Å². The number of nitrogens with zero attached hydrogens (tertiary/aromatic N) is 1. The summed E-state index contributed by atoms with van der Waals surface area (Å²) in [6, 6.07) is 21.2. The van der Waals surface area contributed by atoms with E-state index in [0.29, 0.717) is 26.9 Å². The first kappa shape index (κ1) is 25.0. The van der Waals surface area contributed by atoms with Crippen molar-refractivity contribution in [2.75, 3.05) is 6.61 Å². The molecule has 8 heteroatoms. The van der Waals surface area contributed by atoms with Crippen molar-refractivity contribution < 1.29 is 23.8 Å². The van der Waals surface area contributed by atoms with Crippen LogP contribution < -0.4 is 4.74 Å². The van der Waals surface area contributed by atoms with Crippen molar-refractivity contribution in [2.45, 2.75) is 13.5 Å². The molecule has 1 heterocycles. The molecule has 3 aromatic rings. The number of esters is 1. The number of ether oxygens (including phenoxy) is 2. The molecule has 0 radical (unpaired) electrons. The molecule has 0 fully saturated rings. The summed E-state index contributed by atoms with van der Waals surface area (Å²) in [5.41, 5.74) is 1.98. The second kappa shape index (κ2) is 11.5. The molecule has 0 spiro atoms. The minimum Gasteiger partial charge on any atom is -0.506 e. The van der Waals surface area contributed by atoms with Crippen LogP contribution >= 0.6 is 34.4 Å². The summed E-state index contributed by atoms with van der Waals surface area (Å²) in [6.07, 6.45) is 1.77. The van der Waals surface area contributed by atoms with E-state index >= 15 is 0 Å². The van der Waals surface area contributed by atoms with Gasteiger partial charge in [0.2, 0.25) is 0 Å². The SMILES string of the molecule is CCOC(=O)C1=C(O)/C(=C/c2ccc(OCc3ccccc3F)c(I)c2)SC1=Nc1ccccc1. The summed E-state index contributed by atoms with van der Waals surface area (Å²) in [4.78, 5) is 17.6. The third kappa shape index (κ3) is 6.12. The molecular weight excluding hydrogens is 580 g/mol. The molecule has 4 rings (SSSR count). The van der Waals surface area contributed by atoms with E-state index in [0.717, 1.165) is 9.13 Å². The zero-order valence-electron chi connectivity index (χ0n) is 18.7. The van der Waals surface area contributed by atoms with E-state index in [-0.39, 0.29) is 30.4 Å². The Bertz CT molecular complexity index is 1340. The third-order valence-corrected chi connectivity index (χ3v) is 6.81. The van der Waals surface area contributed by atoms with Gasteiger partial charge in [-0.2, -0.15) is 0 Å². The predicted octanol–water partition coefficient (Wildman–Crippen LogP) is 7.20. The van der Waals surface area contributed by atoms with E-state index in [1.54, 1.807) is 37.3 Å². The van der Waals surface area contributed by atoms with Crippen LogP contribution in [0.1, 0.15) is 18.1 Å². The lowest BCUT2D eigenvalue weighted by molar-refractivity contribution is -0.138. The normalized spacial score (nSPS) is 15.6. The van der Waals surface area contributed by atoms with Gasteiger partial charge < -0.3 is 14.6 Å². The Morgan fingerprint density at radius 3 is 2.57 bits per heavy atom. The van der Waals surface area contributed by atoms with E-state index in [1.165, 1.54) is 17.8 Å². The van der Waals surface area contributed by atoms with Gasteiger partial charge in [-0.1, -0.05) is 54.2 Å². The fourth-order valence-corrected chi connectivity index (χ4v) is 4.99. The zero-order chi connectivity index (χ0) is 24.8. The van der Waals surface area contributed by atoms with Gasteiger partial charge in [-0.25, -0.2) is 14.2 Å². The average molecular weight is 601 g/mol. The molecule has 0 unspecified atom stereocenters. The molecule has 0 saturated carbocycles. The van der Waals surface area contributed by atoms with E-state index in [9.17, 15) is 14.3 Å². The Balaban J connectivity index is 1.59. The molecule has 35 heavy (non-hydrogen) atoms. The van der Waals surface area contributed by atoms with E-state index in [2.05, 4.69) is 27.6 Å². The maximum Gasteiger partial charge on any atom is 0.344 e. The van der Waals surface area contributed by atoms with Gasteiger partial charge in [0.05, 0.1) is 20.8 Å². The van der Waals surface area contributed by atoms with Crippen LogP contribution in [0.25, 0.3) is 6.08 Å². The lowest BCUT2D eigenvalue weighted by Crippen LogP contribution is -2.12. The Hall–Kier alpha value is -3.11. The maximum absolute atomic E-state index is 13.9. The summed E-state index contributed by atoms with van der Waals surface area (Å²) in [6.45, 7) is 2.01. The monoisotopic (exact) mass is 601 g/mol. The number of aliphatic hydroxyl groups is 1. The third-order valence-electron chi connectivity index (χ3n) is 4.95. The lowest BCUT2D eigenvalue weighted by atomic mass is 10.1. The average Bonchev–Trinajstić information content (AvgIpc) is 3.14.